The fraction of sp³-hybridized carbons (Fsp3) is 0. The van der Waals surface area contributed by atoms with E-state index in [1.165, 1.54) is 58.2 Å². The maximum absolute atomic E-state index is 6.42. The van der Waals surface area contributed by atoms with Gasteiger partial charge < -0.3 is 9.32 Å². The van der Waals surface area contributed by atoms with Crippen molar-refractivity contribution < 1.29 is 4.42 Å². The summed E-state index contributed by atoms with van der Waals surface area (Å²) in [4.78, 5) is 2.38. The number of anilines is 3. The number of thiophene rings is 1. The van der Waals surface area contributed by atoms with E-state index in [-0.39, 0.29) is 0 Å². The van der Waals surface area contributed by atoms with Gasteiger partial charge >= 0.3 is 0 Å². The molecule has 2 heterocycles. The maximum atomic E-state index is 6.42. The normalized spacial score (nSPS) is 11.8. The molecule has 0 fully saturated rings. The summed E-state index contributed by atoms with van der Waals surface area (Å²) in [5.41, 5.74) is 9.88. The number of nitrogens with zero attached hydrogens (tertiary/aromatic N) is 1. The van der Waals surface area contributed by atoms with E-state index in [0.717, 1.165) is 44.7 Å². The third-order valence-electron chi connectivity index (χ3n) is 10.7. The third-order valence-corrected chi connectivity index (χ3v) is 11.9. The van der Waals surface area contributed by atoms with Crippen molar-refractivity contribution in [3.8, 4) is 22.3 Å². The lowest BCUT2D eigenvalue weighted by Gasteiger charge is -2.26. The molecule has 0 bridgehead atoms. The Morgan fingerprint density at radius 3 is 1.77 bits per heavy atom. The van der Waals surface area contributed by atoms with E-state index in [0.29, 0.717) is 0 Å². The standard InChI is InChI=1S/C50H31NOS/c1-2-10-32(11-3-1)33-18-23-36(24-19-33)51(38-27-29-41-43-28-22-34-12-4-5-13-39(34)50(43)53-48(41)30-38)37-25-20-35(21-26-37)45-31-47-49(42-15-7-6-14-40(42)45)44-16-8-9-17-46(44)52-47/h1-31H. The van der Waals surface area contributed by atoms with Crippen LogP contribution in [0.4, 0.5) is 17.1 Å². The molecule has 11 aromatic rings. The summed E-state index contributed by atoms with van der Waals surface area (Å²) in [6.45, 7) is 0. The van der Waals surface area contributed by atoms with Gasteiger partial charge in [-0.3, -0.25) is 0 Å². The smallest absolute Gasteiger partial charge is 0.136 e. The summed E-state index contributed by atoms with van der Waals surface area (Å²) < 4.78 is 9.03. The van der Waals surface area contributed by atoms with Crippen molar-refractivity contribution in [1.29, 1.82) is 0 Å². The summed E-state index contributed by atoms with van der Waals surface area (Å²) in [6.07, 6.45) is 0. The van der Waals surface area contributed by atoms with Gasteiger partial charge in [0.15, 0.2) is 0 Å². The Labute approximate surface area is 310 Å². The fourth-order valence-corrected chi connectivity index (χ4v) is 9.40. The van der Waals surface area contributed by atoms with E-state index in [1.54, 1.807) is 0 Å². The second-order valence-corrected chi connectivity index (χ2v) is 14.7. The van der Waals surface area contributed by atoms with Crippen molar-refractivity contribution in [3.63, 3.8) is 0 Å². The molecule has 3 heteroatoms. The van der Waals surface area contributed by atoms with E-state index in [4.69, 9.17) is 4.42 Å². The summed E-state index contributed by atoms with van der Waals surface area (Å²) in [5, 5.41) is 9.94. The van der Waals surface area contributed by atoms with E-state index in [2.05, 4.69) is 187 Å². The second kappa shape index (κ2) is 11.9. The maximum Gasteiger partial charge on any atom is 0.136 e. The molecule has 0 atom stereocenters. The zero-order chi connectivity index (χ0) is 34.9. The van der Waals surface area contributed by atoms with Gasteiger partial charge in [-0.2, -0.15) is 0 Å². The molecule has 2 nitrogen and oxygen atoms in total. The molecule has 0 spiro atoms. The van der Waals surface area contributed by atoms with Crippen LogP contribution in [0, 0.1) is 0 Å². The van der Waals surface area contributed by atoms with Crippen LogP contribution in [-0.4, -0.2) is 0 Å². The summed E-state index contributed by atoms with van der Waals surface area (Å²) >= 11 is 1.88. The Bertz CT molecular complexity index is 3150. The number of rotatable bonds is 5. The first-order valence-corrected chi connectivity index (χ1v) is 18.8. The summed E-state index contributed by atoms with van der Waals surface area (Å²) in [7, 11) is 0. The van der Waals surface area contributed by atoms with Crippen molar-refractivity contribution in [2.75, 3.05) is 4.90 Å². The van der Waals surface area contributed by atoms with Crippen LogP contribution < -0.4 is 4.90 Å². The first kappa shape index (κ1) is 30.0. The summed E-state index contributed by atoms with van der Waals surface area (Å²) in [6, 6.07) is 67.9. The number of hydrogen-bond donors (Lipinski definition) is 0. The Kier molecular flexibility index (Phi) is 6.76. The molecule has 2 aromatic heterocycles. The van der Waals surface area contributed by atoms with Crippen molar-refractivity contribution in [2.24, 2.45) is 0 Å². The van der Waals surface area contributed by atoms with Crippen LogP contribution in [0.5, 0.6) is 0 Å². The Balaban J connectivity index is 1.06. The van der Waals surface area contributed by atoms with Crippen LogP contribution in [0.3, 0.4) is 0 Å². The number of hydrogen-bond acceptors (Lipinski definition) is 3. The molecule has 248 valence electrons. The molecule has 0 saturated carbocycles. The predicted molar refractivity (Wildman–Crippen MR) is 227 cm³/mol. The molecule has 0 radical (unpaired) electrons. The highest BCUT2D eigenvalue weighted by atomic mass is 32.1. The Hall–Kier alpha value is -6.68. The molecule has 0 unspecified atom stereocenters. The lowest BCUT2D eigenvalue weighted by Crippen LogP contribution is -2.09. The van der Waals surface area contributed by atoms with E-state index in [1.807, 2.05) is 17.4 Å². The third kappa shape index (κ3) is 4.86. The highest BCUT2D eigenvalue weighted by Crippen LogP contribution is 2.44. The molecule has 0 saturated heterocycles. The van der Waals surface area contributed by atoms with Crippen molar-refractivity contribution >= 4 is 92.1 Å². The molecule has 0 N–H and O–H groups in total. The van der Waals surface area contributed by atoms with Crippen LogP contribution in [0.15, 0.2) is 192 Å². The quantitative estimate of drug-likeness (QED) is 0.178. The molecule has 9 aromatic carbocycles. The van der Waals surface area contributed by atoms with Gasteiger partial charge in [0.05, 0.1) is 0 Å². The molecule has 53 heavy (non-hydrogen) atoms. The van der Waals surface area contributed by atoms with Gasteiger partial charge in [0, 0.05) is 48.0 Å². The van der Waals surface area contributed by atoms with Gasteiger partial charge in [-0.1, -0.05) is 140 Å². The van der Waals surface area contributed by atoms with Crippen molar-refractivity contribution in [2.45, 2.75) is 0 Å². The lowest BCUT2D eigenvalue weighted by atomic mass is 9.94. The second-order valence-electron chi connectivity index (χ2n) is 13.7. The minimum absolute atomic E-state index is 0.911. The average Bonchev–Trinajstić information content (AvgIpc) is 3.80. The van der Waals surface area contributed by atoms with Crippen molar-refractivity contribution in [3.05, 3.63) is 188 Å². The van der Waals surface area contributed by atoms with Gasteiger partial charge in [-0.15, -0.1) is 11.3 Å². The van der Waals surface area contributed by atoms with Crippen LogP contribution in [-0.2, 0) is 0 Å². The lowest BCUT2D eigenvalue weighted by molar-refractivity contribution is 0.669. The highest BCUT2D eigenvalue weighted by Gasteiger charge is 2.18. The number of fused-ring (bicyclic) bond motifs is 10. The fourth-order valence-electron chi connectivity index (χ4n) is 8.13. The van der Waals surface area contributed by atoms with Gasteiger partial charge in [0.2, 0.25) is 0 Å². The van der Waals surface area contributed by atoms with Crippen LogP contribution in [0.2, 0.25) is 0 Å². The molecular formula is C50H31NOS. The minimum atomic E-state index is 0.911. The minimum Gasteiger partial charge on any atom is -0.456 e. The molecule has 0 aliphatic heterocycles. The predicted octanol–water partition coefficient (Wildman–Crippen LogP) is 15.1. The SMILES string of the molecule is c1ccc(-c2ccc(N(c3ccc(-c4cc5oc6ccccc6c5c5ccccc45)cc3)c3ccc4c(c3)sc3c5ccccc5ccc43)cc2)cc1. The van der Waals surface area contributed by atoms with Crippen LogP contribution >= 0.6 is 11.3 Å². The van der Waals surface area contributed by atoms with Gasteiger partial charge in [-0.25, -0.2) is 0 Å². The average molecular weight is 694 g/mol. The number of benzene rings is 9. The monoisotopic (exact) mass is 693 g/mol. The molecular weight excluding hydrogens is 663 g/mol. The summed E-state index contributed by atoms with van der Waals surface area (Å²) in [5.74, 6) is 0. The topological polar surface area (TPSA) is 16.4 Å². The zero-order valence-electron chi connectivity index (χ0n) is 28.7. The zero-order valence-corrected chi connectivity index (χ0v) is 29.5. The van der Waals surface area contributed by atoms with Crippen LogP contribution in [0.1, 0.15) is 0 Å². The largest absolute Gasteiger partial charge is 0.456 e. The van der Waals surface area contributed by atoms with E-state index >= 15 is 0 Å². The number of furan rings is 1. The van der Waals surface area contributed by atoms with E-state index < -0.39 is 0 Å². The first-order valence-electron chi connectivity index (χ1n) is 18.0. The first-order chi connectivity index (χ1) is 26.3. The Morgan fingerprint density at radius 2 is 0.981 bits per heavy atom. The van der Waals surface area contributed by atoms with E-state index in [9.17, 15) is 0 Å². The van der Waals surface area contributed by atoms with Gasteiger partial charge in [0.1, 0.15) is 11.2 Å². The molecule has 0 amide bonds. The van der Waals surface area contributed by atoms with Crippen LogP contribution in [0.25, 0.3) is 85.9 Å². The highest BCUT2D eigenvalue weighted by molar-refractivity contribution is 7.26. The van der Waals surface area contributed by atoms with Gasteiger partial charge in [-0.05, 0) is 92.3 Å². The molecule has 11 rings (SSSR count). The molecule has 0 aliphatic rings. The molecule has 0 aliphatic carbocycles. The Morgan fingerprint density at radius 1 is 0.377 bits per heavy atom. The van der Waals surface area contributed by atoms with Crippen molar-refractivity contribution in [1.82, 2.24) is 0 Å². The van der Waals surface area contributed by atoms with Gasteiger partial charge in [0.25, 0.3) is 0 Å². The number of para-hydroxylation sites is 1.